The minimum absolute atomic E-state index is 0.000728. The summed E-state index contributed by atoms with van der Waals surface area (Å²) in [6, 6.07) is 12.2. The van der Waals surface area contributed by atoms with Gasteiger partial charge in [0.25, 0.3) is 5.91 Å². The van der Waals surface area contributed by atoms with Crippen molar-refractivity contribution in [2.75, 3.05) is 5.32 Å². The molecule has 1 amide bonds. The molecule has 0 saturated carbocycles. The second kappa shape index (κ2) is 8.02. The molecule has 2 aromatic heterocycles. The van der Waals surface area contributed by atoms with Crippen molar-refractivity contribution in [1.29, 1.82) is 0 Å². The summed E-state index contributed by atoms with van der Waals surface area (Å²) in [7, 11) is 0. The Kier molecular flexibility index (Phi) is 5.24. The predicted molar refractivity (Wildman–Crippen MR) is 107 cm³/mol. The third-order valence-corrected chi connectivity index (χ3v) is 4.45. The number of hydrogen-bond donors (Lipinski definition) is 1. The van der Waals surface area contributed by atoms with Crippen molar-refractivity contribution >= 4 is 11.6 Å². The Morgan fingerprint density at radius 3 is 2.52 bits per heavy atom. The van der Waals surface area contributed by atoms with Crippen molar-refractivity contribution in [2.24, 2.45) is 0 Å². The van der Waals surface area contributed by atoms with Gasteiger partial charge in [0.05, 0.1) is 34.9 Å². The summed E-state index contributed by atoms with van der Waals surface area (Å²) in [4.78, 5) is 25.2. The van der Waals surface area contributed by atoms with Gasteiger partial charge in [-0.15, -0.1) is 0 Å². The van der Waals surface area contributed by atoms with Crippen LogP contribution >= 0.6 is 0 Å². The molecule has 9 heteroatoms. The Labute approximate surface area is 174 Å². The lowest BCUT2D eigenvalue weighted by Crippen LogP contribution is -2.15. The molecule has 0 atom stereocenters. The van der Waals surface area contributed by atoms with Crippen LogP contribution in [0.3, 0.4) is 0 Å². The minimum Gasteiger partial charge on any atom is -0.445 e. The van der Waals surface area contributed by atoms with Gasteiger partial charge in [0.1, 0.15) is 12.1 Å². The van der Waals surface area contributed by atoms with Crippen molar-refractivity contribution in [3.05, 3.63) is 84.1 Å². The molecule has 2 heterocycles. The van der Waals surface area contributed by atoms with Crippen LogP contribution in [0.5, 0.6) is 0 Å². The van der Waals surface area contributed by atoms with E-state index in [1.165, 1.54) is 12.4 Å². The van der Waals surface area contributed by atoms with Gasteiger partial charge in [-0.2, -0.15) is 13.2 Å². The van der Waals surface area contributed by atoms with Gasteiger partial charge in [-0.1, -0.05) is 30.3 Å². The van der Waals surface area contributed by atoms with Crippen LogP contribution in [0, 0.1) is 6.92 Å². The highest BCUT2D eigenvalue weighted by Gasteiger charge is 2.35. The first kappa shape index (κ1) is 20.3. The van der Waals surface area contributed by atoms with E-state index in [0.717, 1.165) is 30.0 Å². The lowest BCUT2D eigenvalue weighted by Gasteiger charge is -2.14. The highest BCUT2D eigenvalue weighted by molar-refractivity contribution is 6.06. The van der Waals surface area contributed by atoms with Crippen molar-refractivity contribution in [1.82, 2.24) is 15.0 Å². The molecule has 2 aromatic carbocycles. The summed E-state index contributed by atoms with van der Waals surface area (Å²) in [5.74, 6) is -0.339. The second-order valence-electron chi connectivity index (χ2n) is 6.60. The van der Waals surface area contributed by atoms with Crippen molar-refractivity contribution in [3.8, 4) is 22.7 Å². The van der Waals surface area contributed by atoms with Gasteiger partial charge in [0.2, 0.25) is 5.89 Å². The number of nitrogens with one attached hydrogen (secondary N) is 1. The first-order valence-electron chi connectivity index (χ1n) is 9.14. The normalized spacial score (nSPS) is 11.4. The zero-order valence-corrected chi connectivity index (χ0v) is 16.1. The van der Waals surface area contributed by atoms with Crippen LogP contribution in [-0.4, -0.2) is 20.9 Å². The number of amides is 1. The number of rotatable bonds is 4. The number of nitrogens with zero attached hydrogens (tertiary/aromatic N) is 3. The molecular weight excluding hydrogens is 409 g/mol. The summed E-state index contributed by atoms with van der Waals surface area (Å²) in [5.41, 5.74) is 0.321. The first-order chi connectivity index (χ1) is 14.8. The number of anilines is 1. The number of hydrogen-bond acceptors (Lipinski definition) is 5. The Hall–Kier alpha value is -4.01. The van der Waals surface area contributed by atoms with Gasteiger partial charge in [0, 0.05) is 11.1 Å². The van der Waals surface area contributed by atoms with Crippen molar-refractivity contribution in [2.45, 2.75) is 13.1 Å². The number of halogens is 3. The Morgan fingerprint density at radius 1 is 1.06 bits per heavy atom. The molecule has 6 nitrogen and oxygen atoms in total. The maximum Gasteiger partial charge on any atom is 0.417 e. The molecular formula is C22H15F3N4O2. The van der Waals surface area contributed by atoms with Crippen LogP contribution in [0.2, 0.25) is 0 Å². The average Bonchev–Trinajstić information content (AvgIpc) is 3.29. The van der Waals surface area contributed by atoms with Gasteiger partial charge in [-0.3, -0.25) is 4.79 Å². The van der Waals surface area contributed by atoms with E-state index in [2.05, 4.69) is 20.3 Å². The number of alkyl halides is 3. The zero-order chi connectivity index (χ0) is 22.0. The van der Waals surface area contributed by atoms with Crippen LogP contribution < -0.4 is 5.32 Å². The van der Waals surface area contributed by atoms with E-state index in [1.54, 1.807) is 6.92 Å². The Balaban J connectivity index is 1.72. The van der Waals surface area contributed by atoms with E-state index in [-0.39, 0.29) is 17.0 Å². The van der Waals surface area contributed by atoms with E-state index in [0.29, 0.717) is 17.2 Å². The molecule has 0 aliphatic carbocycles. The summed E-state index contributed by atoms with van der Waals surface area (Å²) in [5, 5.41) is 2.69. The zero-order valence-electron chi connectivity index (χ0n) is 16.1. The minimum atomic E-state index is -4.63. The van der Waals surface area contributed by atoms with Crippen LogP contribution in [0.4, 0.5) is 18.9 Å². The molecule has 0 radical (unpaired) electrons. The molecule has 0 aliphatic rings. The summed E-state index contributed by atoms with van der Waals surface area (Å²) >= 11 is 0. The topological polar surface area (TPSA) is 80.9 Å². The number of aryl methyl sites for hydroxylation is 1. The summed E-state index contributed by atoms with van der Waals surface area (Å²) in [6.07, 6.45) is -0.776. The molecule has 0 aliphatic heterocycles. The largest absolute Gasteiger partial charge is 0.445 e. The maximum absolute atomic E-state index is 13.4. The first-order valence-corrected chi connectivity index (χ1v) is 9.14. The van der Waals surface area contributed by atoms with Crippen LogP contribution in [-0.2, 0) is 6.18 Å². The highest BCUT2D eigenvalue weighted by Crippen LogP contribution is 2.37. The number of aromatic nitrogens is 3. The molecule has 0 fully saturated rings. The Morgan fingerprint density at radius 2 is 1.84 bits per heavy atom. The molecule has 31 heavy (non-hydrogen) atoms. The number of benzene rings is 2. The number of carbonyl (C=O) groups excluding carboxylic acids is 1. The van der Waals surface area contributed by atoms with E-state index < -0.39 is 17.6 Å². The fraction of sp³-hybridized carbons (Fsp3) is 0.0909. The SMILES string of the molecule is Cc1ncc(NC(=O)c2ccc(C(F)(F)F)c(-c3ncco3)c2)c(-c2ccccc2)n1. The standard InChI is InChI=1S/C22H15F3N4O2/c1-13-27-12-18(19(28-13)14-5-3-2-4-6-14)29-20(30)15-7-8-17(22(23,24)25)16(11-15)21-26-9-10-31-21/h2-12H,1H3,(H,29,30). The number of carbonyl (C=O) groups is 1. The molecule has 0 spiro atoms. The van der Waals surface area contributed by atoms with Gasteiger partial charge < -0.3 is 9.73 Å². The fourth-order valence-corrected chi connectivity index (χ4v) is 3.04. The Bertz CT molecular complexity index is 1220. The highest BCUT2D eigenvalue weighted by atomic mass is 19.4. The molecule has 0 unspecified atom stereocenters. The monoisotopic (exact) mass is 424 g/mol. The van der Waals surface area contributed by atoms with Crippen LogP contribution in [0.25, 0.3) is 22.7 Å². The smallest absolute Gasteiger partial charge is 0.417 e. The molecule has 0 saturated heterocycles. The van der Waals surface area contributed by atoms with Crippen molar-refractivity contribution in [3.63, 3.8) is 0 Å². The lowest BCUT2D eigenvalue weighted by molar-refractivity contribution is -0.137. The quantitative estimate of drug-likeness (QED) is 0.476. The fourth-order valence-electron chi connectivity index (χ4n) is 3.04. The summed E-state index contributed by atoms with van der Waals surface area (Å²) in [6.45, 7) is 1.72. The van der Waals surface area contributed by atoms with Crippen LogP contribution in [0.15, 0.2) is 71.6 Å². The van der Waals surface area contributed by atoms with E-state index in [1.807, 2.05) is 30.3 Å². The van der Waals surface area contributed by atoms with Gasteiger partial charge in [-0.25, -0.2) is 15.0 Å². The predicted octanol–water partition coefficient (Wildman–Crippen LogP) is 5.38. The lowest BCUT2D eigenvalue weighted by atomic mass is 10.0. The average molecular weight is 424 g/mol. The van der Waals surface area contributed by atoms with Crippen molar-refractivity contribution < 1.29 is 22.4 Å². The van der Waals surface area contributed by atoms with E-state index >= 15 is 0 Å². The molecule has 1 N–H and O–H groups in total. The van der Waals surface area contributed by atoms with Gasteiger partial charge in [-0.05, 0) is 25.1 Å². The van der Waals surface area contributed by atoms with Gasteiger partial charge >= 0.3 is 6.18 Å². The van der Waals surface area contributed by atoms with Gasteiger partial charge in [0.15, 0.2) is 0 Å². The molecule has 4 rings (SSSR count). The van der Waals surface area contributed by atoms with E-state index in [9.17, 15) is 18.0 Å². The molecule has 156 valence electrons. The summed E-state index contributed by atoms with van der Waals surface area (Å²) < 4.78 is 45.3. The second-order valence-corrected chi connectivity index (χ2v) is 6.60. The third-order valence-electron chi connectivity index (χ3n) is 4.45. The number of oxazole rings is 1. The maximum atomic E-state index is 13.4. The van der Waals surface area contributed by atoms with E-state index in [4.69, 9.17) is 4.42 Å². The third kappa shape index (κ3) is 4.30. The van der Waals surface area contributed by atoms with Crippen LogP contribution in [0.1, 0.15) is 21.7 Å². The molecule has 0 bridgehead atoms. The molecule has 4 aromatic rings.